The van der Waals surface area contributed by atoms with Gasteiger partial charge in [0.05, 0.1) is 19.4 Å². The van der Waals surface area contributed by atoms with Crippen LogP contribution >= 0.6 is 0 Å². The van der Waals surface area contributed by atoms with E-state index in [1.54, 1.807) is 13.2 Å². The van der Waals surface area contributed by atoms with Gasteiger partial charge in [0.25, 0.3) is 5.91 Å². The Balaban J connectivity index is 1.96. The molecule has 2 rings (SSSR count). The van der Waals surface area contributed by atoms with Crippen LogP contribution in [0.3, 0.4) is 0 Å². The first kappa shape index (κ1) is 18.3. The summed E-state index contributed by atoms with van der Waals surface area (Å²) in [6.45, 7) is 3.95. The summed E-state index contributed by atoms with van der Waals surface area (Å²) in [5, 5.41) is 17.1. The van der Waals surface area contributed by atoms with E-state index in [4.69, 9.17) is 4.74 Å². The number of phenolic OH excluding ortho intramolecular Hbond substituents is 1. The number of carbonyl (C=O) groups excluding carboxylic acids is 1. The summed E-state index contributed by atoms with van der Waals surface area (Å²) in [6.07, 6.45) is 0.587. The lowest BCUT2D eigenvalue weighted by molar-refractivity contribution is -0.119. The van der Waals surface area contributed by atoms with Crippen LogP contribution in [-0.2, 0) is 4.79 Å². The number of methoxy groups -OCH3 is 1. The number of hydrazone groups is 1. The number of amides is 1. The number of anilines is 1. The van der Waals surface area contributed by atoms with E-state index in [0.717, 1.165) is 17.0 Å². The molecule has 1 amide bonds. The molecule has 0 radical (unpaired) electrons. The van der Waals surface area contributed by atoms with Gasteiger partial charge in [-0.05, 0) is 49.7 Å². The minimum Gasteiger partial charge on any atom is -0.507 e. The highest BCUT2D eigenvalue weighted by Crippen LogP contribution is 2.20. The molecule has 6 heteroatoms. The summed E-state index contributed by atoms with van der Waals surface area (Å²) in [4.78, 5) is 12.0. The van der Waals surface area contributed by atoms with Gasteiger partial charge in [0, 0.05) is 11.3 Å². The van der Waals surface area contributed by atoms with Gasteiger partial charge in [-0.25, -0.2) is 5.43 Å². The lowest BCUT2D eigenvalue weighted by atomic mass is 10.0. The third-order valence-corrected chi connectivity index (χ3v) is 3.66. The van der Waals surface area contributed by atoms with E-state index in [1.165, 1.54) is 0 Å². The number of hydrogen-bond donors (Lipinski definition) is 3. The Bertz CT molecular complexity index is 755. The van der Waals surface area contributed by atoms with Crippen molar-refractivity contribution >= 4 is 17.3 Å². The average Bonchev–Trinajstić information content (AvgIpc) is 2.63. The van der Waals surface area contributed by atoms with Crippen molar-refractivity contribution in [2.45, 2.75) is 20.3 Å². The molecule has 3 N–H and O–H groups in total. The molecular formula is C19H23N3O3. The quantitative estimate of drug-likeness (QED) is 0.534. The number of rotatable bonds is 7. The maximum Gasteiger partial charge on any atom is 0.259 e. The number of carbonyl (C=O) groups is 1. The molecule has 0 heterocycles. The minimum atomic E-state index is -0.270. The number of benzene rings is 2. The fourth-order valence-electron chi connectivity index (χ4n) is 2.27. The van der Waals surface area contributed by atoms with Gasteiger partial charge in [-0.3, -0.25) is 4.79 Å². The van der Waals surface area contributed by atoms with Crippen LogP contribution in [-0.4, -0.2) is 30.4 Å². The van der Waals surface area contributed by atoms with Crippen molar-refractivity contribution in [1.82, 2.24) is 5.43 Å². The molecule has 0 saturated carbocycles. The smallest absolute Gasteiger partial charge is 0.259 e. The van der Waals surface area contributed by atoms with Crippen molar-refractivity contribution < 1.29 is 14.6 Å². The summed E-state index contributed by atoms with van der Waals surface area (Å²) in [5.74, 6) is 0.635. The SMILES string of the molecule is CC/C(=N\NC(=O)CNc1ccc(OC)cc1)c1cc(C)ccc1O. The molecule has 6 nitrogen and oxygen atoms in total. The third kappa shape index (κ3) is 5.24. The molecule has 0 bridgehead atoms. The fraction of sp³-hybridized carbons (Fsp3) is 0.263. The number of aryl methyl sites for hydroxylation is 1. The van der Waals surface area contributed by atoms with E-state index >= 15 is 0 Å². The van der Waals surface area contributed by atoms with Crippen molar-refractivity contribution in [1.29, 1.82) is 0 Å². The Morgan fingerprint density at radius 1 is 1.20 bits per heavy atom. The number of ether oxygens (including phenoxy) is 1. The van der Waals surface area contributed by atoms with Gasteiger partial charge < -0.3 is 15.2 Å². The zero-order valence-electron chi connectivity index (χ0n) is 14.7. The van der Waals surface area contributed by atoms with Crippen molar-refractivity contribution in [3.8, 4) is 11.5 Å². The monoisotopic (exact) mass is 341 g/mol. The highest BCUT2D eigenvalue weighted by Gasteiger charge is 2.09. The Morgan fingerprint density at radius 2 is 1.92 bits per heavy atom. The van der Waals surface area contributed by atoms with Crippen molar-refractivity contribution in [3.63, 3.8) is 0 Å². The van der Waals surface area contributed by atoms with E-state index in [2.05, 4.69) is 15.8 Å². The molecule has 0 unspecified atom stereocenters. The molecule has 2 aromatic rings. The van der Waals surface area contributed by atoms with Crippen LogP contribution < -0.4 is 15.5 Å². The van der Waals surface area contributed by atoms with Gasteiger partial charge in [-0.1, -0.05) is 18.6 Å². The second-order valence-corrected chi connectivity index (χ2v) is 5.55. The minimum absolute atomic E-state index is 0.0899. The lowest BCUT2D eigenvalue weighted by Crippen LogP contribution is -2.27. The average molecular weight is 341 g/mol. The summed E-state index contributed by atoms with van der Waals surface area (Å²) >= 11 is 0. The van der Waals surface area contributed by atoms with Gasteiger partial charge in [0.1, 0.15) is 11.5 Å². The molecule has 132 valence electrons. The zero-order chi connectivity index (χ0) is 18.2. The highest BCUT2D eigenvalue weighted by molar-refractivity contribution is 6.03. The molecule has 2 aromatic carbocycles. The molecule has 0 fully saturated rings. The molecular weight excluding hydrogens is 318 g/mol. The molecule has 0 saturated heterocycles. The Kier molecular flexibility index (Phi) is 6.39. The molecule has 0 aliphatic carbocycles. The largest absolute Gasteiger partial charge is 0.507 e. The Labute approximate surface area is 147 Å². The second-order valence-electron chi connectivity index (χ2n) is 5.55. The molecule has 25 heavy (non-hydrogen) atoms. The Morgan fingerprint density at radius 3 is 2.56 bits per heavy atom. The maximum absolute atomic E-state index is 12.0. The normalized spacial score (nSPS) is 11.1. The molecule has 0 aromatic heterocycles. The molecule has 0 spiro atoms. The molecule has 0 aliphatic rings. The second kappa shape index (κ2) is 8.73. The van der Waals surface area contributed by atoms with Crippen molar-refractivity contribution in [2.75, 3.05) is 19.0 Å². The number of nitrogens with one attached hydrogen (secondary N) is 2. The van der Waals surface area contributed by atoms with Crippen LogP contribution in [0.5, 0.6) is 11.5 Å². The standard InChI is InChI=1S/C19H23N3O3/c1-4-17(16-11-13(2)5-10-18(16)23)21-22-19(24)12-20-14-6-8-15(25-3)9-7-14/h5-11,20,23H,4,12H2,1-3H3,(H,22,24)/b21-17+. The first-order chi connectivity index (χ1) is 12.0. The number of aromatic hydroxyl groups is 1. The lowest BCUT2D eigenvalue weighted by Gasteiger charge is -2.09. The van der Waals surface area contributed by atoms with Crippen LogP contribution in [0.25, 0.3) is 0 Å². The number of hydrogen-bond acceptors (Lipinski definition) is 5. The van der Waals surface area contributed by atoms with Gasteiger partial charge in [-0.2, -0.15) is 5.10 Å². The highest BCUT2D eigenvalue weighted by atomic mass is 16.5. The van der Waals surface area contributed by atoms with Crippen LogP contribution in [0.1, 0.15) is 24.5 Å². The van der Waals surface area contributed by atoms with E-state index in [1.807, 2.05) is 50.2 Å². The first-order valence-corrected chi connectivity index (χ1v) is 8.06. The van der Waals surface area contributed by atoms with Gasteiger partial charge in [-0.15, -0.1) is 0 Å². The predicted octanol–water partition coefficient (Wildman–Crippen LogP) is 3.05. The summed E-state index contributed by atoms with van der Waals surface area (Å²) in [7, 11) is 1.60. The third-order valence-electron chi connectivity index (χ3n) is 3.66. The summed E-state index contributed by atoms with van der Waals surface area (Å²) < 4.78 is 5.09. The summed E-state index contributed by atoms with van der Waals surface area (Å²) in [6, 6.07) is 12.6. The van der Waals surface area contributed by atoms with Crippen LogP contribution in [0, 0.1) is 6.92 Å². The first-order valence-electron chi connectivity index (χ1n) is 8.06. The topological polar surface area (TPSA) is 83.0 Å². The van der Waals surface area contributed by atoms with Crippen LogP contribution in [0.4, 0.5) is 5.69 Å². The van der Waals surface area contributed by atoms with Crippen LogP contribution in [0.2, 0.25) is 0 Å². The van der Waals surface area contributed by atoms with Crippen molar-refractivity contribution in [3.05, 3.63) is 53.6 Å². The molecule has 0 atom stereocenters. The van der Waals surface area contributed by atoms with E-state index in [9.17, 15) is 9.90 Å². The summed E-state index contributed by atoms with van der Waals surface area (Å²) in [5.41, 5.74) is 5.60. The van der Waals surface area contributed by atoms with E-state index in [-0.39, 0.29) is 18.2 Å². The molecule has 0 aliphatic heterocycles. The number of nitrogens with zero attached hydrogens (tertiary/aromatic N) is 1. The van der Waals surface area contributed by atoms with Gasteiger partial charge in [0.2, 0.25) is 0 Å². The van der Waals surface area contributed by atoms with Crippen LogP contribution in [0.15, 0.2) is 47.6 Å². The Hall–Kier alpha value is -3.02. The van der Waals surface area contributed by atoms with Gasteiger partial charge >= 0.3 is 0 Å². The van der Waals surface area contributed by atoms with Gasteiger partial charge in [0.15, 0.2) is 0 Å². The van der Waals surface area contributed by atoms with E-state index in [0.29, 0.717) is 17.7 Å². The fourth-order valence-corrected chi connectivity index (χ4v) is 2.27. The van der Waals surface area contributed by atoms with Crippen molar-refractivity contribution in [2.24, 2.45) is 5.10 Å². The predicted molar refractivity (Wildman–Crippen MR) is 99.3 cm³/mol. The maximum atomic E-state index is 12.0. The van der Waals surface area contributed by atoms with E-state index < -0.39 is 0 Å². The number of phenols is 1. The zero-order valence-corrected chi connectivity index (χ0v) is 14.7.